The van der Waals surface area contributed by atoms with Crippen molar-refractivity contribution in [2.75, 3.05) is 24.7 Å². The summed E-state index contributed by atoms with van der Waals surface area (Å²) < 4.78 is 0. The standard InChI is InChI=1S/C15H29NOS/c1-15(2)7-8-18-11-14(15)16-9-12-5-3-4-6-13(12)10-17/h12-14,16-17H,3-11H2,1-2H3. The molecule has 2 aliphatic rings. The van der Waals surface area contributed by atoms with Gasteiger partial charge in [-0.15, -0.1) is 0 Å². The summed E-state index contributed by atoms with van der Waals surface area (Å²) in [5.41, 5.74) is 0.439. The predicted molar refractivity (Wildman–Crippen MR) is 80.0 cm³/mol. The fourth-order valence-corrected chi connectivity index (χ4v) is 5.00. The highest BCUT2D eigenvalue weighted by Crippen LogP contribution is 2.35. The SMILES string of the molecule is CC1(C)CCSCC1NCC1CCCCC1CO. The zero-order valence-electron chi connectivity index (χ0n) is 12.0. The smallest absolute Gasteiger partial charge is 0.0462 e. The molecule has 18 heavy (non-hydrogen) atoms. The Bertz CT molecular complexity index is 257. The van der Waals surface area contributed by atoms with Gasteiger partial charge < -0.3 is 10.4 Å². The molecule has 2 rings (SSSR count). The maximum absolute atomic E-state index is 9.47. The van der Waals surface area contributed by atoms with Crippen molar-refractivity contribution in [1.29, 1.82) is 0 Å². The number of thioether (sulfide) groups is 1. The lowest BCUT2D eigenvalue weighted by molar-refractivity contribution is 0.124. The van der Waals surface area contributed by atoms with Crippen LogP contribution in [0.15, 0.2) is 0 Å². The van der Waals surface area contributed by atoms with Crippen molar-refractivity contribution in [3.63, 3.8) is 0 Å². The molecule has 1 heterocycles. The minimum Gasteiger partial charge on any atom is -0.396 e. The van der Waals surface area contributed by atoms with Crippen molar-refractivity contribution < 1.29 is 5.11 Å². The Balaban J connectivity index is 1.82. The number of aliphatic hydroxyl groups is 1. The predicted octanol–water partition coefficient (Wildman–Crippen LogP) is 2.91. The molecular formula is C15H29NOS. The van der Waals surface area contributed by atoms with Gasteiger partial charge in [0.1, 0.15) is 0 Å². The molecule has 3 unspecified atom stereocenters. The van der Waals surface area contributed by atoms with E-state index in [1.165, 1.54) is 43.6 Å². The maximum Gasteiger partial charge on any atom is 0.0462 e. The molecule has 3 heteroatoms. The number of hydrogen-bond acceptors (Lipinski definition) is 3. The van der Waals surface area contributed by atoms with Crippen LogP contribution in [0.1, 0.15) is 46.0 Å². The largest absolute Gasteiger partial charge is 0.396 e. The molecule has 0 bridgehead atoms. The van der Waals surface area contributed by atoms with E-state index in [1.807, 2.05) is 0 Å². The molecule has 0 aromatic rings. The highest BCUT2D eigenvalue weighted by molar-refractivity contribution is 7.99. The normalized spacial score (nSPS) is 36.5. The maximum atomic E-state index is 9.47. The van der Waals surface area contributed by atoms with Crippen LogP contribution in [0, 0.1) is 17.3 Å². The van der Waals surface area contributed by atoms with Gasteiger partial charge >= 0.3 is 0 Å². The highest BCUT2D eigenvalue weighted by atomic mass is 32.2. The van der Waals surface area contributed by atoms with E-state index in [-0.39, 0.29) is 0 Å². The van der Waals surface area contributed by atoms with Crippen LogP contribution >= 0.6 is 11.8 Å². The third-order valence-electron chi connectivity index (χ3n) is 5.05. The van der Waals surface area contributed by atoms with Gasteiger partial charge in [0.05, 0.1) is 0 Å². The van der Waals surface area contributed by atoms with Crippen LogP contribution in [0.2, 0.25) is 0 Å². The summed E-state index contributed by atoms with van der Waals surface area (Å²) >= 11 is 2.09. The lowest BCUT2D eigenvalue weighted by Gasteiger charge is -2.40. The molecule has 1 saturated heterocycles. The summed E-state index contributed by atoms with van der Waals surface area (Å²) in [4.78, 5) is 0. The Hall–Kier alpha value is 0.270. The van der Waals surface area contributed by atoms with Gasteiger partial charge in [0.2, 0.25) is 0 Å². The minimum absolute atomic E-state index is 0.384. The van der Waals surface area contributed by atoms with Crippen LogP contribution in [0.4, 0.5) is 0 Å². The molecule has 106 valence electrons. The van der Waals surface area contributed by atoms with Crippen molar-refractivity contribution in [1.82, 2.24) is 5.32 Å². The van der Waals surface area contributed by atoms with Crippen LogP contribution in [-0.2, 0) is 0 Å². The number of hydrogen-bond donors (Lipinski definition) is 2. The third-order valence-corrected chi connectivity index (χ3v) is 6.11. The zero-order valence-corrected chi connectivity index (χ0v) is 12.8. The molecule has 0 radical (unpaired) electrons. The van der Waals surface area contributed by atoms with Crippen molar-refractivity contribution in [2.45, 2.75) is 52.0 Å². The lowest BCUT2D eigenvalue weighted by Crippen LogP contribution is -2.49. The quantitative estimate of drug-likeness (QED) is 0.824. The van der Waals surface area contributed by atoms with Gasteiger partial charge in [-0.05, 0) is 48.8 Å². The summed E-state index contributed by atoms with van der Waals surface area (Å²) in [6, 6.07) is 0.650. The summed E-state index contributed by atoms with van der Waals surface area (Å²) in [5, 5.41) is 13.3. The second kappa shape index (κ2) is 6.62. The molecule has 0 amide bonds. The molecule has 1 aliphatic carbocycles. The summed E-state index contributed by atoms with van der Waals surface area (Å²) in [5.74, 6) is 3.81. The molecule has 2 N–H and O–H groups in total. The van der Waals surface area contributed by atoms with E-state index in [4.69, 9.17) is 0 Å². The van der Waals surface area contributed by atoms with Gasteiger partial charge in [-0.1, -0.05) is 26.7 Å². The third kappa shape index (κ3) is 3.64. The Labute approximate surface area is 116 Å². The first-order valence-electron chi connectivity index (χ1n) is 7.55. The van der Waals surface area contributed by atoms with Gasteiger partial charge in [0.15, 0.2) is 0 Å². The second-order valence-corrected chi connectivity index (χ2v) is 7.91. The first-order valence-corrected chi connectivity index (χ1v) is 8.71. The molecular weight excluding hydrogens is 242 g/mol. The molecule has 0 aromatic heterocycles. The Morgan fingerprint density at radius 1 is 1.22 bits per heavy atom. The van der Waals surface area contributed by atoms with E-state index in [0.29, 0.717) is 29.9 Å². The average molecular weight is 271 g/mol. The van der Waals surface area contributed by atoms with Crippen LogP contribution < -0.4 is 5.32 Å². The molecule has 0 spiro atoms. The van der Waals surface area contributed by atoms with E-state index in [0.717, 1.165) is 6.54 Å². The van der Waals surface area contributed by atoms with Crippen LogP contribution in [0.5, 0.6) is 0 Å². The van der Waals surface area contributed by atoms with Crippen LogP contribution in [0.25, 0.3) is 0 Å². The van der Waals surface area contributed by atoms with E-state index >= 15 is 0 Å². The Kier molecular flexibility index (Phi) is 5.40. The van der Waals surface area contributed by atoms with Crippen molar-refractivity contribution in [2.24, 2.45) is 17.3 Å². The highest BCUT2D eigenvalue weighted by Gasteiger charge is 2.33. The van der Waals surface area contributed by atoms with E-state index in [1.54, 1.807) is 0 Å². The molecule has 1 saturated carbocycles. The molecule has 1 aliphatic heterocycles. The minimum atomic E-state index is 0.384. The van der Waals surface area contributed by atoms with E-state index in [2.05, 4.69) is 30.9 Å². The lowest BCUT2D eigenvalue weighted by atomic mass is 9.78. The summed E-state index contributed by atoms with van der Waals surface area (Å²) in [6.07, 6.45) is 6.52. The summed E-state index contributed by atoms with van der Waals surface area (Å²) in [7, 11) is 0. The molecule has 0 aromatic carbocycles. The van der Waals surface area contributed by atoms with E-state index < -0.39 is 0 Å². The van der Waals surface area contributed by atoms with Crippen molar-refractivity contribution in [3.8, 4) is 0 Å². The van der Waals surface area contributed by atoms with Crippen molar-refractivity contribution >= 4 is 11.8 Å². The average Bonchev–Trinajstić information content (AvgIpc) is 2.37. The Morgan fingerprint density at radius 3 is 2.61 bits per heavy atom. The summed E-state index contributed by atoms with van der Waals surface area (Å²) in [6.45, 7) is 6.29. The molecule has 2 fully saturated rings. The van der Waals surface area contributed by atoms with Gasteiger partial charge in [0, 0.05) is 18.4 Å². The van der Waals surface area contributed by atoms with Gasteiger partial charge in [-0.25, -0.2) is 0 Å². The zero-order chi connectivity index (χ0) is 13.0. The van der Waals surface area contributed by atoms with E-state index in [9.17, 15) is 5.11 Å². The van der Waals surface area contributed by atoms with Gasteiger partial charge in [0.25, 0.3) is 0 Å². The number of nitrogens with one attached hydrogen (secondary N) is 1. The number of rotatable bonds is 4. The first kappa shape index (κ1) is 14.7. The molecule has 3 atom stereocenters. The molecule has 2 nitrogen and oxygen atoms in total. The number of aliphatic hydroxyl groups excluding tert-OH is 1. The van der Waals surface area contributed by atoms with Crippen LogP contribution in [0.3, 0.4) is 0 Å². The first-order chi connectivity index (χ1) is 8.63. The fourth-order valence-electron chi connectivity index (χ4n) is 3.36. The van der Waals surface area contributed by atoms with Crippen molar-refractivity contribution in [3.05, 3.63) is 0 Å². The fraction of sp³-hybridized carbons (Fsp3) is 1.00. The monoisotopic (exact) mass is 271 g/mol. The van der Waals surface area contributed by atoms with Crippen LogP contribution in [-0.4, -0.2) is 35.8 Å². The second-order valence-electron chi connectivity index (χ2n) is 6.76. The Morgan fingerprint density at radius 2 is 1.94 bits per heavy atom. The van der Waals surface area contributed by atoms with Gasteiger partial charge in [-0.3, -0.25) is 0 Å². The van der Waals surface area contributed by atoms with Gasteiger partial charge in [-0.2, -0.15) is 11.8 Å². The topological polar surface area (TPSA) is 32.3 Å².